The van der Waals surface area contributed by atoms with E-state index in [0.717, 1.165) is 51.3 Å². The number of carbonyl (C=O) groups is 1. The number of nitrogens with zero attached hydrogens (tertiary/aromatic N) is 5. The summed E-state index contributed by atoms with van der Waals surface area (Å²) in [5, 5.41) is 3.72. The summed E-state index contributed by atoms with van der Waals surface area (Å²) in [6.07, 6.45) is 1.82. The number of aryl methyl sites for hydroxylation is 1. The van der Waals surface area contributed by atoms with E-state index in [0.29, 0.717) is 24.0 Å². The molecule has 0 N–H and O–H groups in total. The Balaban J connectivity index is 1.39. The van der Waals surface area contributed by atoms with Crippen LogP contribution in [0.1, 0.15) is 32.5 Å². The molecule has 162 valence electrons. The molecule has 2 fully saturated rings. The average molecular weight is 416 g/mol. The van der Waals surface area contributed by atoms with Gasteiger partial charge in [0.05, 0.1) is 11.5 Å². The topological polar surface area (TPSA) is 65.7 Å². The Morgan fingerprint density at radius 1 is 1.20 bits per heavy atom. The van der Waals surface area contributed by atoms with Crippen molar-refractivity contribution in [1.29, 1.82) is 0 Å². The second-order valence-electron chi connectivity index (χ2n) is 8.55. The van der Waals surface area contributed by atoms with E-state index in [1.807, 2.05) is 11.0 Å². The molecular formula is C22H30FN5O2. The van der Waals surface area contributed by atoms with Crippen LogP contribution in [0.5, 0.6) is 0 Å². The summed E-state index contributed by atoms with van der Waals surface area (Å²) >= 11 is 0. The molecule has 1 atom stereocenters. The van der Waals surface area contributed by atoms with Crippen LogP contribution in [0, 0.1) is 18.7 Å². The molecule has 2 saturated heterocycles. The van der Waals surface area contributed by atoms with Crippen LogP contribution in [0.3, 0.4) is 0 Å². The lowest BCUT2D eigenvalue weighted by molar-refractivity contribution is -0.134. The third-order valence-corrected chi connectivity index (χ3v) is 6.19. The summed E-state index contributed by atoms with van der Waals surface area (Å²) in [5.74, 6) is 0.465. The van der Waals surface area contributed by atoms with Crippen molar-refractivity contribution in [2.45, 2.75) is 39.7 Å². The van der Waals surface area contributed by atoms with Crippen molar-refractivity contribution in [2.75, 3.05) is 44.2 Å². The van der Waals surface area contributed by atoms with Gasteiger partial charge in [-0.25, -0.2) is 4.39 Å². The van der Waals surface area contributed by atoms with Crippen molar-refractivity contribution in [2.24, 2.45) is 5.92 Å². The molecule has 0 saturated carbocycles. The van der Waals surface area contributed by atoms with Crippen molar-refractivity contribution in [3.05, 3.63) is 29.8 Å². The van der Waals surface area contributed by atoms with Gasteiger partial charge < -0.3 is 14.3 Å². The zero-order valence-corrected chi connectivity index (χ0v) is 18.0. The van der Waals surface area contributed by atoms with E-state index in [9.17, 15) is 9.18 Å². The second-order valence-corrected chi connectivity index (χ2v) is 8.55. The van der Waals surface area contributed by atoms with E-state index in [2.05, 4.69) is 33.8 Å². The number of halogens is 1. The molecule has 2 aliphatic rings. The number of hydrogen-bond donors (Lipinski definition) is 0. The smallest absolute Gasteiger partial charge is 0.260 e. The maximum absolute atomic E-state index is 14.7. The maximum atomic E-state index is 14.7. The predicted molar refractivity (Wildman–Crippen MR) is 113 cm³/mol. The minimum Gasteiger partial charge on any atom is -0.371 e. The van der Waals surface area contributed by atoms with E-state index < -0.39 is 5.82 Å². The average Bonchev–Trinajstić information content (AvgIpc) is 3.30. The first-order valence-corrected chi connectivity index (χ1v) is 10.8. The first-order valence-electron chi connectivity index (χ1n) is 10.8. The maximum Gasteiger partial charge on any atom is 0.260 e. The highest BCUT2D eigenvalue weighted by molar-refractivity contribution is 5.80. The molecule has 0 aliphatic carbocycles. The Hall–Kier alpha value is -2.48. The van der Waals surface area contributed by atoms with Gasteiger partial charge in [-0.3, -0.25) is 9.69 Å². The van der Waals surface area contributed by atoms with Gasteiger partial charge in [0.2, 0.25) is 5.91 Å². The molecule has 2 aromatic rings. The van der Waals surface area contributed by atoms with Crippen molar-refractivity contribution >= 4 is 11.6 Å². The van der Waals surface area contributed by atoms with Crippen LogP contribution >= 0.6 is 0 Å². The third kappa shape index (κ3) is 4.33. The minimum absolute atomic E-state index is 0.0306. The normalized spacial score (nSPS) is 20.8. The summed E-state index contributed by atoms with van der Waals surface area (Å²) < 4.78 is 19.7. The number of carbonyl (C=O) groups excluding carboxylic acids is 1. The molecule has 1 aromatic carbocycles. The molecule has 7 nitrogen and oxygen atoms in total. The van der Waals surface area contributed by atoms with E-state index in [1.54, 1.807) is 13.0 Å². The zero-order chi connectivity index (χ0) is 21.3. The van der Waals surface area contributed by atoms with Crippen LogP contribution in [-0.2, 0) is 4.79 Å². The quantitative estimate of drug-likeness (QED) is 0.765. The lowest BCUT2D eigenvalue weighted by Crippen LogP contribution is -2.40. The van der Waals surface area contributed by atoms with Crippen molar-refractivity contribution in [3.8, 4) is 11.5 Å². The van der Waals surface area contributed by atoms with Crippen LogP contribution < -0.4 is 4.90 Å². The van der Waals surface area contributed by atoms with Crippen LogP contribution in [0.2, 0.25) is 0 Å². The van der Waals surface area contributed by atoms with Crippen LogP contribution in [0.25, 0.3) is 11.5 Å². The molecule has 0 spiro atoms. The van der Waals surface area contributed by atoms with E-state index in [1.165, 1.54) is 6.07 Å². The highest BCUT2D eigenvalue weighted by Crippen LogP contribution is 2.30. The fourth-order valence-electron chi connectivity index (χ4n) is 4.41. The standard InChI is InChI=1S/C22H30FN5O2/c1-15(2)26-8-4-9-27(12-11-26)22(29)17-7-10-28(14-17)18-5-6-19(20(23)13-18)21-24-16(3)25-30-21/h5-6,13,15,17H,4,7-12,14H2,1-3H3/t17-/m0/s1. The number of hydrogen-bond acceptors (Lipinski definition) is 6. The molecule has 0 radical (unpaired) electrons. The molecule has 3 heterocycles. The number of rotatable bonds is 4. The number of anilines is 1. The minimum atomic E-state index is -0.396. The van der Waals surface area contributed by atoms with Gasteiger partial charge in [0.25, 0.3) is 5.89 Å². The summed E-state index contributed by atoms with van der Waals surface area (Å²) in [5.41, 5.74) is 1.08. The molecule has 30 heavy (non-hydrogen) atoms. The number of amides is 1. The largest absolute Gasteiger partial charge is 0.371 e. The fraction of sp³-hybridized carbons (Fsp3) is 0.591. The Labute approximate surface area is 176 Å². The van der Waals surface area contributed by atoms with Crippen molar-refractivity contribution in [3.63, 3.8) is 0 Å². The molecule has 8 heteroatoms. The predicted octanol–water partition coefficient (Wildman–Crippen LogP) is 2.95. The van der Waals surface area contributed by atoms with Gasteiger partial charge in [0.1, 0.15) is 5.82 Å². The highest BCUT2D eigenvalue weighted by atomic mass is 19.1. The highest BCUT2D eigenvalue weighted by Gasteiger charge is 2.32. The monoisotopic (exact) mass is 415 g/mol. The van der Waals surface area contributed by atoms with Crippen LogP contribution in [-0.4, -0.2) is 71.2 Å². The van der Waals surface area contributed by atoms with Gasteiger partial charge in [0, 0.05) is 51.0 Å². The van der Waals surface area contributed by atoms with E-state index in [-0.39, 0.29) is 17.7 Å². The third-order valence-electron chi connectivity index (χ3n) is 6.19. The van der Waals surface area contributed by atoms with Gasteiger partial charge in [0.15, 0.2) is 5.82 Å². The first-order chi connectivity index (χ1) is 14.4. The van der Waals surface area contributed by atoms with Gasteiger partial charge in [-0.2, -0.15) is 4.98 Å². The summed E-state index contributed by atoms with van der Waals surface area (Å²) in [6, 6.07) is 5.53. The first kappa shape index (κ1) is 20.8. The van der Waals surface area contributed by atoms with Crippen LogP contribution in [0.15, 0.2) is 22.7 Å². The SMILES string of the molecule is Cc1noc(-c2ccc(N3CC[C@H](C(=O)N4CCCN(C(C)C)CC4)C3)cc2F)n1. The lowest BCUT2D eigenvalue weighted by atomic mass is 10.1. The molecule has 4 rings (SSSR count). The van der Waals surface area contributed by atoms with Gasteiger partial charge in [-0.05, 0) is 51.8 Å². The molecule has 0 bridgehead atoms. The molecule has 0 unspecified atom stereocenters. The molecule has 2 aliphatic heterocycles. The molecular weight excluding hydrogens is 385 g/mol. The summed E-state index contributed by atoms with van der Waals surface area (Å²) in [4.78, 5) is 23.7. The van der Waals surface area contributed by atoms with Crippen LogP contribution in [0.4, 0.5) is 10.1 Å². The van der Waals surface area contributed by atoms with Crippen molar-refractivity contribution < 1.29 is 13.7 Å². The Morgan fingerprint density at radius 3 is 2.73 bits per heavy atom. The summed E-state index contributed by atoms with van der Waals surface area (Å²) in [7, 11) is 0. The van der Waals surface area contributed by atoms with Gasteiger partial charge in [-0.15, -0.1) is 0 Å². The Morgan fingerprint density at radius 2 is 2.03 bits per heavy atom. The second kappa shape index (κ2) is 8.71. The van der Waals surface area contributed by atoms with Gasteiger partial charge >= 0.3 is 0 Å². The van der Waals surface area contributed by atoms with E-state index >= 15 is 0 Å². The fourth-order valence-corrected chi connectivity index (χ4v) is 4.41. The number of aromatic nitrogens is 2. The molecule has 1 amide bonds. The number of benzene rings is 1. The van der Waals surface area contributed by atoms with Crippen molar-refractivity contribution in [1.82, 2.24) is 19.9 Å². The Bertz CT molecular complexity index is 899. The lowest BCUT2D eigenvalue weighted by Gasteiger charge is -2.26. The Kier molecular flexibility index (Phi) is 6.04. The van der Waals surface area contributed by atoms with Gasteiger partial charge in [-0.1, -0.05) is 5.16 Å². The van der Waals surface area contributed by atoms with E-state index in [4.69, 9.17) is 4.52 Å². The zero-order valence-electron chi connectivity index (χ0n) is 18.0. The molecule has 1 aromatic heterocycles. The summed E-state index contributed by atoms with van der Waals surface area (Å²) in [6.45, 7) is 11.1.